The van der Waals surface area contributed by atoms with E-state index in [9.17, 15) is 0 Å². The SMILES string of the molecule is OCc1cncn1Cc1cccc(Br)c1. The van der Waals surface area contributed by atoms with E-state index in [0.717, 1.165) is 16.7 Å². The van der Waals surface area contributed by atoms with Crippen LogP contribution in [0.5, 0.6) is 0 Å². The van der Waals surface area contributed by atoms with Crippen LogP contribution < -0.4 is 0 Å². The van der Waals surface area contributed by atoms with Gasteiger partial charge in [0.25, 0.3) is 0 Å². The summed E-state index contributed by atoms with van der Waals surface area (Å²) in [4.78, 5) is 4.00. The summed E-state index contributed by atoms with van der Waals surface area (Å²) in [6.07, 6.45) is 3.41. The van der Waals surface area contributed by atoms with Gasteiger partial charge in [0.2, 0.25) is 0 Å². The lowest BCUT2D eigenvalue weighted by molar-refractivity contribution is 0.271. The van der Waals surface area contributed by atoms with Crippen molar-refractivity contribution >= 4 is 15.9 Å². The monoisotopic (exact) mass is 266 g/mol. The zero-order chi connectivity index (χ0) is 10.7. The summed E-state index contributed by atoms with van der Waals surface area (Å²) < 4.78 is 2.99. The molecule has 1 aromatic heterocycles. The van der Waals surface area contributed by atoms with Crippen LogP contribution in [0.25, 0.3) is 0 Å². The molecule has 78 valence electrons. The number of hydrogen-bond donors (Lipinski definition) is 1. The maximum absolute atomic E-state index is 9.07. The van der Waals surface area contributed by atoms with Crippen molar-refractivity contribution in [2.24, 2.45) is 0 Å². The molecule has 0 bridgehead atoms. The number of aliphatic hydroxyl groups excluding tert-OH is 1. The zero-order valence-electron chi connectivity index (χ0n) is 8.10. The van der Waals surface area contributed by atoms with Gasteiger partial charge in [-0.15, -0.1) is 0 Å². The molecule has 1 N–H and O–H groups in total. The fourth-order valence-electron chi connectivity index (χ4n) is 1.45. The Hall–Kier alpha value is -1.13. The zero-order valence-corrected chi connectivity index (χ0v) is 9.68. The minimum absolute atomic E-state index is 0.0218. The van der Waals surface area contributed by atoms with Gasteiger partial charge in [0.1, 0.15) is 0 Å². The number of benzene rings is 1. The molecule has 0 aliphatic carbocycles. The summed E-state index contributed by atoms with van der Waals surface area (Å²) in [6, 6.07) is 8.09. The van der Waals surface area contributed by atoms with Gasteiger partial charge in [0.05, 0.1) is 24.8 Å². The largest absolute Gasteiger partial charge is 0.390 e. The molecule has 1 heterocycles. The number of imidazole rings is 1. The molecule has 0 unspecified atom stereocenters. The molecule has 4 heteroatoms. The highest BCUT2D eigenvalue weighted by molar-refractivity contribution is 9.10. The molecule has 0 saturated carbocycles. The summed E-state index contributed by atoms with van der Waals surface area (Å²) in [5.74, 6) is 0. The van der Waals surface area contributed by atoms with Gasteiger partial charge in [-0.1, -0.05) is 28.1 Å². The standard InChI is InChI=1S/C11H11BrN2O/c12-10-3-1-2-9(4-10)6-14-8-13-5-11(14)7-15/h1-5,8,15H,6-7H2. The summed E-state index contributed by atoms with van der Waals surface area (Å²) in [5, 5.41) is 9.07. The Labute approximate surface area is 96.5 Å². The summed E-state index contributed by atoms with van der Waals surface area (Å²) in [5.41, 5.74) is 2.01. The number of nitrogens with zero attached hydrogens (tertiary/aromatic N) is 2. The van der Waals surface area contributed by atoms with Crippen molar-refractivity contribution in [2.45, 2.75) is 13.2 Å². The van der Waals surface area contributed by atoms with Crippen LogP contribution in [-0.4, -0.2) is 14.7 Å². The van der Waals surface area contributed by atoms with Gasteiger partial charge in [-0.2, -0.15) is 0 Å². The smallest absolute Gasteiger partial charge is 0.0952 e. The number of aromatic nitrogens is 2. The Morgan fingerprint density at radius 1 is 1.40 bits per heavy atom. The van der Waals surface area contributed by atoms with Crippen molar-refractivity contribution in [1.82, 2.24) is 9.55 Å². The normalized spacial score (nSPS) is 10.5. The van der Waals surface area contributed by atoms with Gasteiger partial charge in [-0.05, 0) is 17.7 Å². The predicted octanol–water partition coefficient (Wildman–Crippen LogP) is 2.19. The van der Waals surface area contributed by atoms with Crippen LogP contribution in [0.1, 0.15) is 11.3 Å². The lowest BCUT2D eigenvalue weighted by Crippen LogP contribution is -2.02. The lowest BCUT2D eigenvalue weighted by atomic mass is 10.2. The highest BCUT2D eigenvalue weighted by Crippen LogP contribution is 2.13. The van der Waals surface area contributed by atoms with Crippen molar-refractivity contribution in [2.75, 3.05) is 0 Å². The van der Waals surface area contributed by atoms with Gasteiger partial charge in [-0.25, -0.2) is 4.98 Å². The van der Waals surface area contributed by atoms with Crippen molar-refractivity contribution in [1.29, 1.82) is 0 Å². The second-order valence-corrected chi connectivity index (χ2v) is 4.22. The molecule has 2 aromatic rings. The average molecular weight is 267 g/mol. The van der Waals surface area contributed by atoms with E-state index in [4.69, 9.17) is 5.11 Å². The number of hydrogen-bond acceptors (Lipinski definition) is 2. The van der Waals surface area contributed by atoms with Crippen molar-refractivity contribution in [3.05, 3.63) is 52.5 Å². The van der Waals surface area contributed by atoms with Crippen LogP contribution in [0.4, 0.5) is 0 Å². The quantitative estimate of drug-likeness (QED) is 0.925. The molecule has 1 aromatic carbocycles. The van der Waals surface area contributed by atoms with E-state index in [1.165, 1.54) is 5.56 Å². The molecular formula is C11H11BrN2O. The van der Waals surface area contributed by atoms with Gasteiger partial charge >= 0.3 is 0 Å². The van der Waals surface area contributed by atoms with Gasteiger partial charge in [0, 0.05) is 11.0 Å². The summed E-state index contributed by atoms with van der Waals surface area (Å²) in [6.45, 7) is 0.753. The third-order valence-corrected chi connectivity index (χ3v) is 2.70. The maximum Gasteiger partial charge on any atom is 0.0952 e. The number of rotatable bonds is 3. The highest BCUT2D eigenvalue weighted by Gasteiger charge is 2.01. The highest BCUT2D eigenvalue weighted by atomic mass is 79.9. The van der Waals surface area contributed by atoms with E-state index in [0.29, 0.717) is 0 Å². The van der Waals surface area contributed by atoms with Gasteiger partial charge < -0.3 is 9.67 Å². The molecule has 0 amide bonds. The van der Waals surface area contributed by atoms with Crippen LogP contribution >= 0.6 is 15.9 Å². The maximum atomic E-state index is 9.07. The first kappa shape index (κ1) is 10.4. The third-order valence-electron chi connectivity index (χ3n) is 2.20. The van der Waals surface area contributed by atoms with Crippen LogP contribution in [0, 0.1) is 0 Å². The Bertz CT molecular complexity index is 453. The number of aliphatic hydroxyl groups is 1. The first-order chi connectivity index (χ1) is 7.29. The first-order valence-electron chi connectivity index (χ1n) is 4.64. The van der Waals surface area contributed by atoms with E-state index < -0.39 is 0 Å². The van der Waals surface area contributed by atoms with E-state index in [1.54, 1.807) is 12.5 Å². The first-order valence-corrected chi connectivity index (χ1v) is 5.43. The van der Waals surface area contributed by atoms with E-state index in [1.807, 2.05) is 22.8 Å². The Morgan fingerprint density at radius 3 is 3.00 bits per heavy atom. The Kier molecular flexibility index (Phi) is 3.18. The molecule has 0 fully saturated rings. The van der Waals surface area contributed by atoms with Crippen molar-refractivity contribution < 1.29 is 5.11 Å². The summed E-state index contributed by atoms with van der Waals surface area (Å²) >= 11 is 3.43. The van der Waals surface area contributed by atoms with Gasteiger partial charge in [-0.3, -0.25) is 0 Å². The second kappa shape index (κ2) is 4.59. The van der Waals surface area contributed by atoms with E-state index in [2.05, 4.69) is 27.0 Å². The van der Waals surface area contributed by atoms with Crippen LogP contribution in [0.15, 0.2) is 41.3 Å². The molecule has 15 heavy (non-hydrogen) atoms. The minimum Gasteiger partial charge on any atom is -0.390 e. The molecule has 0 aliphatic rings. The van der Waals surface area contributed by atoms with Crippen LogP contribution in [0.3, 0.4) is 0 Å². The molecule has 0 saturated heterocycles. The molecule has 0 spiro atoms. The van der Waals surface area contributed by atoms with Crippen molar-refractivity contribution in [3.63, 3.8) is 0 Å². The molecule has 2 rings (SSSR count). The molecule has 0 radical (unpaired) electrons. The molecule has 3 nitrogen and oxygen atoms in total. The number of halogens is 1. The summed E-state index contributed by atoms with van der Waals surface area (Å²) in [7, 11) is 0. The average Bonchev–Trinajstić information content (AvgIpc) is 2.65. The van der Waals surface area contributed by atoms with E-state index >= 15 is 0 Å². The second-order valence-electron chi connectivity index (χ2n) is 3.30. The van der Waals surface area contributed by atoms with Crippen LogP contribution in [0.2, 0.25) is 0 Å². The third kappa shape index (κ3) is 2.46. The Morgan fingerprint density at radius 2 is 2.27 bits per heavy atom. The molecular weight excluding hydrogens is 256 g/mol. The predicted molar refractivity (Wildman–Crippen MR) is 61.4 cm³/mol. The minimum atomic E-state index is 0.0218. The van der Waals surface area contributed by atoms with Gasteiger partial charge in [0.15, 0.2) is 0 Å². The fourth-order valence-corrected chi connectivity index (χ4v) is 1.90. The topological polar surface area (TPSA) is 38.1 Å². The molecule has 0 aliphatic heterocycles. The molecule has 0 atom stereocenters. The van der Waals surface area contributed by atoms with E-state index in [-0.39, 0.29) is 6.61 Å². The van der Waals surface area contributed by atoms with Crippen molar-refractivity contribution in [3.8, 4) is 0 Å². The lowest BCUT2D eigenvalue weighted by Gasteiger charge is -2.06. The fraction of sp³-hybridized carbons (Fsp3) is 0.182. The Balaban J connectivity index is 2.22. The van der Waals surface area contributed by atoms with Crippen LogP contribution in [-0.2, 0) is 13.2 Å².